The summed E-state index contributed by atoms with van der Waals surface area (Å²) in [7, 11) is -1.72. The molecule has 1 aliphatic heterocycles. The molecule has 1 aromatic carbocycles. The molecule has 8 heteroatoms. The summed E-state index contributed by atoms with van der Waals surface area (Å²) in [5, 5.41) is 2.25. The van der Waals surface area contributed by atoms with Crippen molar-refractivity contribution < 1.29 is 22.3 Å². The number of carbonyl (C=O) groups is 1. The second kappa shape index (κ2) is 7.16. The van der Waals surface area contributed by atoms with Gasteiger partial charge in [0.1, 0.15) is 0 Å². The SMILES string of the molecule is COc1ccc(CCNC(=O)N2CCC(S(C)(=O)=O)C2)cc1F. The van der Waals surface area contributed by atoms with Crippen LogP contribution >= 0.6 is 0 Å². The maximum atomic E-state index is 13.6. The minimum Gasteiger partial charge on any atom is -0.494 e. The predicted octanol–water partition coefficient (Wildman–Crippen LogP) is 1.21. The number of sulfone groups is 1. The van der Waals surface area contributed by atoms with E-state index in [1.54, 1.807) is 12.1 Å². The Bertz CT molecular complexity index is 678. The third kappa shape index (κ3) is 4.57. The molecule has 23 heavy (non-hydrogen) atoms. The highest BCUT2D eigenvalue weighted by Gasteiger charge is 2.32. The van der Waals surface area contributed by atoms with E-state index in [1.807, 2.05) is 0 Å². The quantitative estimate of drug-likeness (QED) is 0.871. The van der Waals surface area contributed by atoms with E-state index in [2.05, 4.69) is 5.32 Å². The minimum absolute atomic E-state index is 0.182. The first-order valence-electron chi connectivity index (χ1n) is 7.35. The number of benzene rings is 1. The normalized spacial score (nSPS) is 18.0. The molecule has 0 aromatic heterocycles. The molecule has 0 saturated carbocycles. The highest BCUT2D eigenvalue weighted by atomic mass is 32.2. The van der Waals surface area contributed by atoms with Crippen molar-refractivity contribution in [3.05, 3.63) is 29.6 Å². The van der Waals surface area contributed by atoms with E-state index >= 15 is 0 Å². The fraction of sp³-hybridized carbons (Fsp3) is 0.533. The van der Waals surface area contributed by atoms with E-state index in [0.717, 1.165) is 5.56 Å². The summed E-state index contributed by atoms with van der Waals surface area (Å²) in [5.41, 5.74) is 0.749. The zero-order chi connectivity index (χ0) is 17.0. The lowest BCUT2D eigenvalue weighted by Gasteiger charge is -2.17. The van der Waals surface area contributed by atoms with E-state index in [9.17, 15) is 17.6 Å². The molecule has 0 spiro atoms. The molecule has 1 unspecified atom stereocenters. The summed E-state index contributed by atoms with van der Waals surface area (Å²) >= 11 is 0. The van der Waals surface area contributed by atoms with Crippen molar-refractivity contribution in [2.45, 2.75) is 18.1 Å². The van der Waals surface area contributed by atoms with Crippen LogP contribution in [0.25, 0.3) is 0 Å². The predicted molar refractivity (Wildman–Crippen MR) is 84.9 cm³/mol. The van der Waals surface area contributed by atoms with Crippen LogP contribution in [0.3, 0.4) is 0 Å². The summed E-state index contributed by atoms with van der Waals surface area (Å²) in [6.45, 7) is 1.01. The topological polar surface area (TPSA) is 75.7 Å². The van der Waals surface area contributed by atoms with Gasteiger partial charge in [0.2, 0.25) is 0 Å². The zero-order valence-electron chi connectivity index (χ0n) is 13.2. The fourth-order valence-electron chi connectivity index (χ4n) is 2.55. The monoisotopic (exact) mass is 344 g/mol. The Kier molecular flexibility index (Phi) is 5.46. The molecule has 1 saturated heterocycles. The zero-order valence-corrected chi connectivity index (χ0v) is 14.0. The molecule has 0 aliphatic carbocycles. The van der Waals surface area contributed by atoms with Crippen molar-refractivity contribution >= 4 is 15.9 Å². The van der Waals surface area contributed by atoms with Crippen LogP contribution in [0.5, 0.6) is 5.75 Å². The van der Waals surface area contributed by atoms with Crippen molar-refractivity contribution in [2.24, 2.45) is 0 Å². The van der Waals surface area contributed by atoms with Gasteiger partial charge in [-0.25, -0.2) is 17.6 Å². The fourth-order valence-corrected chi connectivity index (χ4v) is 3.54. The molecule has 1 aliphatic rings. The molecular formula is C15H21FN2O4S. The average molecular weight is 344 g/mol. The van der Waals surface area contributed by atoms with Gasteiger partial charge in [0.25, 0.3) is 0 Å². The number of amides is 2. The number of nitrogens with one attached hydrogen (secondary N) is 1. The van der Waals surface area contributed by atoms with Crippen LogP contribution in [0, 0.1) is 5.82 Å². The van der Waals surface area contributed by atoms with Crippen LogP contribution in [0.1, 0.15) is 12.0 Å². The molecule has 0 radical (unpaired) electrons. The van der Waals surface area contributed by atoms with Gasteiger partial charge in [0, 0.05) is 25.9 Å². The Hall–Kier alpha value is -1.83. The van der Waals surface area contributed by atoms with E-state index in [4.69, 9.17) is 4.74 Å². The first kappa shape index (κ1) is 17.5. The molecule has 1 fully saturated rings. The lowest BCUT2D eigenvalue weighted by molar-refractivity contribution is 0.209. The average Bonchev–Trinajstić information content (AvgIpc) is 2.97. The number of nitrogens with zero attached hydrogens (tertiary/aromatic N) is 1. The van der Waals surface area contributed by atoms with Gasteiger partial charge in [-0.05, 0) is 30.5 Å². The largest absolute Gasteiger partial charge is 0.494 e. The molecular weight excluding hydrogens is 323 g/mol. The van der Waals surface area contributed by atoms with E-state index in [1.165, 1.54) is 24.3 Å². The summed E-state index contributed by atoms with van der Waals surface area (Å²) in [6, 6.07) is 4.37. The third-order valence-electron chi connectivity index (χ3n) is 3.94. The first-order valence-corrected chi connectivity index (χ1v) is 9.31. The number of ether oxygens (including phenoxy) is 1. The highest BCUT2D eigenvalue weighted by molar-refractivity contribution is 7.91. The van der Waals surface area contributed by atoms with E-state index in [-0.39, 0.29) is 18.3 Å². The van der Waals surface area contributed by atoms with Crippen molar-refractivity contribution in [1.82, 2.24) is 10.2 Å². The molecule has 1 heterocycles. The number of methoxy groups -OCH3 is 1. The Morgan fingerprint density at radius 3 is 2.78 bits per heavy atom. The third-order valence-corrected chi connectivity index (χ3v) is 5.54. The highest BCUT2D eigenvalue weighted by Crippen LogP contribution is 2.18. The number of carbonyl (C=O) groups excluding carboxylic acids is 1. The van der Waals surface area contributed by atoms with Gasteiger partial charge in [-0.15, -0.1) is 0 Å². The van der Waals surface area contributed by atoms with Crippen LogP contribution in [0.2, 0.25) is 0 Å². The number of hydrogen-bond donors (Lipinski definition) is 1. The molecule has 0 bridgehead atoms. The van der Waals surface area contributed by atoms with Gasteiger partial charge in [-0.1, -0.05) is 6.07 Å². The lowest BCUT2D eigenvalue weighted by atomic mass is 10.1. The number of likely N-dealkylation sites (tertiary alicyclic amines) is 1. The van der Waals surface area contributed by atoms with Crippen molar-refractivity contribution in [3.8, 4) is 5.75 Å². The Morgan fingerprint density at radius 1 is 1.48 bits per heavy atom. The standard InChI is InChI=1S/C15H21FN2O4S/c1-22-14-4-3-11(9-13(14)16)5-7-17-15(19)18-8-6-12(10-18)23(2,20)21/h3-4,9,12H,5-8,10H2,1-2H3,(H,17,19). The Morgan fingerprint density at radius 2 is 2.22 bits per heavy atom. The Balaban J connectivity index is 1.80. The van der Waals surface area contributed by atoms with Crippen LogP contribution in [0.4, 0.5) is 9.18 Å². The summed E-state index contributed by atoms with van der Waals surface area (Å²) in [4.78, 5) is 13.5. The molecule has 1 atom stereocenters. The second-order valence-corrected chi connectivity index (χ2v) is 7.96. The number of hydrogen-bond acceptors (Lipinski definition) is 4. The van der Waals surface area contributed by atoms with Crippen molar-refractivity contribution in [2.75, 3.05) is 33.0 Å². The van der Waals surface area contributed by atoms with Gasteiger partial charge in [0.05, 0.1) is 12.4 Å². The maximum absolute atomic E-state index is 13.6. The number of halogens is 1. The molecule has 6 nitrogen and oxygen atoms in total. The molecule has 1 N–H and O–H groups in total. The van der Waals surface area contributed by atoms with E-state index < -0.39 is 20.9 Å². The van der Waals surface area contributed by atoms with Gasteiger partial charge >= 0.3 is 6.03 Å². The van der Waals surface area contributed by atoms with Crippen molar-refractivity contribution in [1.29, 1.82) is 0 Å². The maximum Gasteiger partial charge on any atom is 0.317 e. The first-order chi connectivity index (χ1) is 10.8. The molecule has 2 rings (SSSR count). The molecule has 1 aromatic rings. The number of urea groups is 1. The van der Waals surface area contributed by atoms with Crippen LogP contribution in [-0.4, -0.2) is 57.6 Å². The van der Waals surface area contributed by atoms with Crippen LogP contribution in [-0.2, 0) is 16.3 Å². The summed E-state index contributed by atoms with van der Waals surface area (Å²) < 4.78 is 41.4. The van der Waals surface area contributed by atoms with Crippen LogP contribution < -0.4 is 10.1 Å². The minimum atomic E-state index is -3.12. The summed E-state index contributed by atoms with van der Waals surface area (Å²) in [5.74, 6) is -0.256. The van der Waals surface area contributed by atoms with Crippen LogP contribution in [0.15, 0.2) is 18.2 Å². The van der Waals surface area contributed by atoms with Gasteiger partial charge in [-0.2, -0.15) is 0 Å². The van der Waals surface area contributed by atoms with Crippen molar-refractivity contribution in [3.63, 3.8) is 0 Å². The molecule has 2 amide bonds. The van der Waals surface area contributed by atoms with E-state index in [0.29, 0.717) is 25.9 Å². The smallest absolute Gasteiger partial charge is 0.317 e. The Labute approximate surface area is 135 Å². The van der Waals surface area contributed by atoms with Gasteiger partial charge in [-0.3, -0.25) is 0 Å². The number of rotatable bonds is 5. The lowest BCUT2D eigenvalue weighted by Crippen LogP contribution is -2.40. The second-order valence-electron chi connectivity index (χ2n) is 5.64. The molecule has 128 valence electrons. The van der Waals surface area contributed by atoms with Gasteiger partial charge < -0.3 is 15.0 Å². The van der Waals surface area contributed by atoms with Gasteiger partial charge in [0.15, 0.2) is 21.4 Å². The summed E-state index contributed by atoms with van der Waals surface area (Å²) in [6.07, 6.45) is 2.14.